The molecule has 0 unspecified atom stereocenters. The van der Waals surface area contributed by atoms with Crippen LogP contribution in [0.15, 0.2) is 18.2 Å². The Labute approximate surface area is 119 Å². The summed E-state index contributed by atoms with van der Waals surface area (Å²) in [5.41, 5.74) is 0.834. The molecule has 1 aromatic rings. The Morgan fingerprint density at radius 3 is 2.40 bits per heavy atom. The number of carbonyl (C=O) groups excluding carboxylic acids is 1. The second-order valence-corrected chi connectivity index (χ2v) is 4.97. The third-order valence-corrected chi connectivity index (χ3v) is 3.16. The zero-order chi connectivity index (χ0) is 15.1. The van der Waals surface area contributed by atoms with Gasteiger partial charge in [0.25, 0.3) is 0 Å². The monoisotopic (exact) mass is 281 g/mol. The van der Waals surface area contributed by atoms with Crippen LogP contribution < -0.4 is 14.8 Å². The summed E-state index contributed by atoms with van der Waals surface area (Å²) < 4.78 is 10.4. The lowest BCUT2D eigenvalue weighted by atomic mass is 10.0. The number of aliphatic hydroxyl groups excluding tert-OH is 1. The minimum atomic E-state index is -0.220. The number of hydrogen-bond acceptors (Lipinski definition) is 4. The molecule has 0 radical (unpaired) electrons. The first-order valence-corrected chi connectivity index (χ1v) is 6.63. The van der Waals surface area contributed by atoms with Crippen molar-refractivity contribution in [2.45, 2.75) is 26.3 Å². The maximum Gasteiger partial charge on any atom is 0.224 e. The summed E-state index contributed by atoms with van der Waals surface area (Å²) >= 11 is 0. The Balaban J connectivity index is 2.71. The van der Waals surface area contributed by atoms with Gasteiger partial charge in [0.2, 0.25) is 5.91 Å². The van der Waals surface area contributed by atoms with Crippen LogP contribution >= 0.6 is 0 Å². The van der Waals surface area contributed by atoms with Gasteiger partial charge >= 0.3 is 0 Å². The topological polar surface area (TPSA) is 67.8 Å². The van der Waals surface area contributed by atoms with Crippen molar-refractivity contribution >= 4 is 5.91 Å². The summed E-state index contributed by atoms with van der Waals surface area (Å²) in [5.74, 6) is 1.30. The van der Waals surface area contributed by atoms with Gasteiger partial charge in [0, 0.05) is 0 Å². The highest BCUT2D eigenvalue weighted by Gasteiger charge is 2.15. The summed E-state index contributed by atoms with van der Waals surface area (Å²) in [6, 6.07) is 5.15. The van der Waals surface area contributed by atoms with E-state index in [1.165, 1.54) is 0 Å². The Bertz CT molecular complexity index is 445. The average molecular weight is 281 g/mol. The normalized spacial score (nSPS) is 12.1. The van der Waals surface area contributed by atoms with Gasteiger partial charge < -0.3 is 19.9 Å². The number of hydrogen-bond donors (Lipinski definition) is 2. The van der Waals surface area contributed by atoms with Crippen molar-refractivity contribution in [3.05, 3.63) is 23.8 Å². The molecule has 0 aliphatic rings. The van der Waals surface area contributed by atoms with Crippen molar-refractivity contribution in [2.75, 3.05) is 20.8 Å². The van der Waals surface area contributed by atoms with Gasteiger partial charge in [0.05, 0.1) is 33.3 Å². The molecule has 0 spiro atoms. The van der Waals surface area contributed by atoms with Gasteiger partial charge in [-0.25, -0.2) is 0 Å². The summed E-state index contributed by atoms with van der Waals surface area (Å²) in [5, 5.41) is 12.0. The van der Waals surface area contributed by atoms with Crippen LogP contribution in [-0.2, 0) is 11.2 Å². The van der Waals surface area contributed by atoms with Crippen LogP contribution in [0.5, 0.6) is 11.5 Å². The second-order valence-electron chi connectivity index (χ2n) is 4.97. The highest BCUT2D eigenvalue weighted by Crippen LogP contribution is 2.27. The SMILES string of the molecule is COc1ccc(CC(=O)N[C@H](CO)C(C)C)cc1OC. The van der Waals surface area contributed by atoms with E-state index in [4.69, 9.17) is 9.47 Å². The minimum absolute atomic E-state index is 0.0602. The smallest absolute Gasteiger partial charge is 0.224 e. The molecule has 2 N–H and O–H groups in total. The third kappa shape index (κ3) is 4.42. The summed E-state index contributed by atoms with van der Waals surface area (Å²) in [6.45, 7) is 3.85. The van der Waals surface area contributed by atoms with Gasteiger partial charge in [-0.05, 0) is 23.6 Å². The van der Waals surface area contributed by atoms with E-state index in [9.17, 15) is 9.90 Å². The van der Waals surface area contributed by atoms with E-state index in [2.05, 4.69) is 5.32 Å². The molecule has 112 valence electrons. The number of carbonyl (C=O) groups is 1. The first-order valence-electron chi connectivity index (χ1n) is 6.63. The van der Waals surface area contributed by atoms with Gasteiger partial charge in [-0.2, -0.15) is 0 Å². The van der Waals surface area contributed by atoms with E-state index < -0.39 is 0 Å². The highest BCUT2D eigenvalue weighted by atomic mass is 16.5. The van der Waals surface area contributed by atoms with Crippen molar-refractivity contribution in [1.82, 2.24) is 5.32 Å². The number of rotatable bonds is 7. The number of nitrogens with one attached hydrogen (secondary N) is 1. The van der Waals surface area contributed by atoms with Gasteiger partial charge in [0.1, 0.15) is 0 Å². The Hall–Kier alpha value is -1.75. The molecule has 5 heteroatoms. The molecule has 0 aliphatic heterocycles. The first-order chi connectivity index (χ1) is 9.51. The van der Waals surface area contributed by atoms with E-state index in [-0.39, 0.29) is 30.9 Å². The van der Waals surface area contributed by atoms with E-state index in [1.54, 1.807) is 26.4 Å². The molecule has 0 bridgehead atoms. The number of methoxy groups -OCH3 is 2. The molecule has 1 amide bonds. The molecule has 20 heavy (non-hydrogen) atoms. The molecule has 0 aliphatic carbocycles. The van der Waals surface area contributed by atoms with E-state index in [0.717, 1.165) is 5.56 Å². The predicted octanol–water partition coefficient (Wildman–Crippen LogP) is 1.38. The largest absolute Gasteiger partial charge is 0.493 e. The van der Waals surface area contributed by atoms with Crippen molar-refractivity contribution in [3.8, 4) is 11.5 Å². The Morgan fingerprint density at radius 2 is 1.90 bits per heavy atom. The predicted molar refractivity (Wildman–Crippen MR) is 77.1 cm³/mol. The van der Waals surface area contributed by atoms with E-state index >= 15 is 0 Å². The van der Waals surface area contributed by atoms with Crippen LogP contribution in [0, 0.1) is 5.92 Å². The van der Waals surface area contributed by atoms with Crippen molar-refractivity contribution < 1.29 is 19.4 Å². The first kappa shape index (κ1) is 16.3. The summed E-state index contributed by atoms with van der Waals surface area (Å²) in [4.78, 5) is 11.9. The van der Waals surface area contributed by atoms with E-state index in [1.807, 2.05) is 19.9 Å². The van der Waals surface area contributed by atoms with Crippen LogP contribution in [0.4, 0.5) is 0 Å². The van der Waals surface area contributed by atoms with Crippen LogP contribution in [0.3, 0.4) is 0 Å². The van der Waals surface area contributed by atoms with Crippen LogP contribution in [0.25, 0.3) is 0 Å². The number of amides is 1. The number of benzene rings is 1. The molecule has 0 fully saturated rings. The van der Waals surface area contributed by atoms with Gasteiger partial charge in [-0.1, -0.05) is 19.9 Å². The lowest BCUT2D eigenvalue weighted by molar-refractivity contribution is -0.121. The van der Waals surface area contributed by atoms with Crippen LogP contribution in [0.1, 0.15) is 19.4 Å². The quantitative estimate of drug-likeness (QED) is 0.792. The molecular weight excluding hydrogens is 258 g/mol. The lowest BCUT2D eigenvalue weighted by Crippen LogP contribution is -2.41. The standard InChI is InChI=1S/C15H23NO4/c1-10(2)12(9-17)16-15(18)8-11-5-6-13(19-3)14(7-11)20-4/h5-7,10,12,17H,8-9H2,1-4H3,(H,16,18)/t12-/m1/s1. The van der Waals surface area contributed by atoms with Crippen molar-refractivity contribution in [2.24, 2.45) is 5.92 Å². The molecule has 1 rings (SSSR count). The number of ether oxygens (including phenoxy) is 2. The molecule has 1 atom stereocenters. The summed E-state index contributed by atoms with van der Waals surface area (Å²) in [7, 11) is 3.13. The Morgan fingerprint density at radius 1 is 1.25 bits per heavy atom. The molecular formula is C15H23NO4. The molecule has 0 saturated carbocycles. The molecule has 0 heterocycles. The Kier molecular flexibility index (Phi) is 6.31. The fourth-order valence-electron chi connectivity index (χ4n) is 1.86. The lowest BCUT2D eigenvalue weighted by Gasteiger charge is -2.20. The molecule has 1 aromatic carbocycles. The van der Waals surface area contributed by atoms with Crippen molar-refractivity contribution in [1.29, 1.82) is 0 Å². The fraction of sp³-hybridized carbons (Fsp3) is 0.533. The van der Waals surface area contributed by atoms with Crippen LogP contribution in [0.2, 0.25) is 0 Å². The zero-order valence-corrected chi connectivity index (χ0v) is 12.5. The molecule has 0 saturated heterocycles. The molecule has 5 nitrogen and oxygen atoms in total. The maximum absolute atomic E-state index is 11.9. The highest BCUT2D eigenvalue weighted by molar-refractivity contribution is 5.79. The van der Waals surface area contributed by atoms with E-state index in [0.29, 0.717) is 11.5 Å². The van der Waals surface area contributed by atoms with Crippen LogP contribution in [-0.4, -0.2) is 37.9 Å². The number of aliphatic hydroxyl groups is 1. The summed E-state index contributed by atoms with van der Waals surface area (Å²) in [6.07, 6.45) is 0.240. The minimum Gasteiger partial charge on any atom is -0.493 e. The second kappa shape index (κ2) is 7.75. The maximum atomic E-state index is 11.9. The zero-order valence-electron chi connectivity index (χ0n) is 12.5. The fourth-order valence-corrected chi connectivity index (χ4v) is 1.86. The third-order valence-electron chi connectivity index (χ3n) is 3.16. The van der Waals surface area contributed by atoms with Gasteiger partial charge in [0.15, 0.2) is 11.5 Å². The van der Waals surface area contributed by atoms with Gasteiger partial charge in [-0.15, -0.1) is 0 Å². The molecule has 0 aromatic heterocycles. The average Bonchev–Trinajstić information content (AvgIpc) is 2.44. The van der Waals surface area contributed by atoms with Crippen molar-refractivity contribution in [3.63, 3.8) is 0 Å². The van der Waals surface area contributed by atoms with Gasteiger partial charge in [-0.3, -0.25) is 4.79 Å².